The van der Waals surface area contributed by atoms with Crippen molar-refractivity contribution in [3.8, 4) is 22.8 Å². The first-order valence-corrected chi connectivity index (χ1v) is 11.4. The van der Waals surface area contributed by atoms with E-state index in [0.717, 1.165) is 35.8 Å². The van der Waals surface area contributed by atoms with E-state index < -0.39 is 26.4 Å². The van der Waals surface area contributed by atoms with Gasteiger partial charge in [0.05, 0.1) is 29.7 Å². The van der Waals surface area contributed by atoms with Crippen molar-refractivity contribution in [1.29, 1.82) is 0 Å². The monoisotopic (exact) mass is 463 g/mol. The van der Waals surface area contributed by atoms with Crippen LogP contribution in [0.15, 0.2) is 46.7 Å². The van der Waals surface area contributed by atoms with Gasteiger partial charge in [-0.3, -0.25) is 20.2 Å². The van der Waals surface area contributed by atoms with Gasteiger partial charge in [0.1, 0.15) is 11.5 Å². The lowest BCUT2D eigenvalue weighted by molar-refractivity contribution is -0.385. The quantitative estimate of drug-likeness (QED) is 0.416. The molecule has 0 aliphatic heterocycles. The number of carbonyl (C=O) groups is 1. The third-order valence-electron chi connectivity index (χ3n) is 4.20. The summed E-state index contributed by atoms with van der Waals surface area (Å²) in [4.78, 5) is 27.0. The molecule has 2 aromatic carbocycles. The van der Waals surface area contributed by atoms with Crippen molar-refractivity contribution in [3.05, 3.63) is 57.5 Å². The highest BCUT2D eigenvalue weighted by atomic mass is 32.2. The number of non-ortho nitro benzene ring substituents is 1. The first-order chi connectivity index (χ1) is 14.6. The molecule has 0 aliphatic carbocycles. The van der Waals surface area contributed by atoms with Crippen LogP contribution in [0.2, 0.25) is 0 Å². The summed E-state index contributed by atoms with van der Waals surface area (Å²) < 4.78 is 34.2. The maximum absolute atomic E-state index is 12.6. The number of amides is 1. The van der Waals surface area contributed by atoms with Crippen LogP contribution in [0.4, 0.5) is 10.8 Å². The highest BCUT2D eigenvalue weighted by molar-refractivity contribution is 7.90. The summed E-state index contributed by atoms with van der Waals surface area (Å²) in [7, 11) is -0.711. The van der Waals surface area contributed by atoms with E-state index in [1.807, 2.05) is 0 Å². The largest absolute Gasteiger partial charge is 0.497 e. The van der Waals surface area contributed by atoms with E-state index in [9.17, 15) is 23.3 Å². The van der Waals surface area contributed by atoms with Gasteiger partial charge in [0.15, 0.2) is 15.0 Å². The molecule has 1 heterocycles. The predicted molar refractivity (Wildman–Crippen MR) is 115 cm³/mol. The fourth-order valence-corrected chi connectivity index (χ4v) is 4.05. The molecule has 1 amide bonds. The summed E-state index contributed by atoms with van der Waals surface area (Å²) in [5.41, 5.74) is 0.486. The van der Waals surface area contributed by atoms with Gasteiger partial charge >= 0.3 is 0 Å². The van der Waals surface area contributed by atoms with Crippen molar-refractivity contribution in [3.63, 3.8) is 0 Å². The molecule has 0 fully saturated rings. The van der Waals surface area contributed by atoms with E-state index in [0.29, 0.717) is 22.8 Å². The highest BCUT2D eigenvalue weighted by Crippen LogP contribution is 2.35. The van der Waals surface area contributed by atoms with Gasteiger partial charge in [0.2, 0.25) is 0 Å². The van der Waals surface area contributed by atoms with Crippen LogP contribution >= 0.6 is 11.3 Å². The second-order valence-electron chi connectivity index (χ2n) is 6.30. The lowest BCUT2D eigenvalue weighted by atomic mass is 10.1. The van der Waals surface area contributed by atoms with Crippen LogP contribution in [-0.4, -0.2) is 44.7 Å². The molecule has 0 atom stereocenters. The molecule has 0 unspecified atom stereocenters. The van der Waals surface area contributed by atoms with Gasteiger partial charge < -0.3 is 9.47 Å². The number of nitro groups is 1. The van der Waals surface area contributed by atoms with Crippen molar-refractivity contribution in [2.24, 2.45) is 0 Å². The number of aromatic nitrogens is 1. The number of nitrogens with one attached hydrogen (secondary N) is 1. The Hall–Kier alpha value is -3.51. The van der Waals surface area contributed by atoms with E-state index in [4.69, 9.17) is 9.47 Å². The second-order valence-corrected chi connectivity index (χ2v) is 9.18. The Morgan fingerprint density at radius 3 is 2.52 bits per heavy atom. The maximum Gasteiger partial charge on any atom is 0.271 e. The number of nitro benzene ring substituents is 1. The molecule has 0 saturated carbocycles. The summed E-state index contributed by atoms with van der Waals surface area (Å²) in [5, 5.41) is 15.6. The Balaban J connectivity index is 1.92. The van der Waals surface area contributed by atoms with Gasteiger partial charge in [-0.05, 0) is 24.3 Å². The molecule has 0 aliphatic rings. The van der Waals surface area contributed by atoms with E-state index in [1.165, 1.54) is 14.2 Å². The number of carbonyl (C=O) groups excluding carboxylic acids is 1. The SMILES string of the molecule is COc1ccc(OC)c(-c2csc(NC(=O)c3cc([N+](=O)[O-])cc(S(C)(=O)=O)c3)n2)c1. The minimum Gasteiger partial charge on any atom is -0.497 e. The van der Waals surface area contributed by atoms with Crippen LogP contribution in [0, 0.1) is 10.1 Å². The molecule has 12 heteroatoms. The number of methoxy groups -OCH3 is 2. The fraction of sp³-hybridized carbons (Fsp3) is 0.158. The molecule has 3 aromatic rings. The number of rotatable bonds is 7. The number of sulfone groups is 1. The van der Waals surface area contributed by atoms with Crippen molar-refractivity contribution < 1.29 is 27.6 Å². The Morgan fingerprint density at radius 2 is 1.90 bits per heavy atom. The topological polar surface area (TPSA) is 138 Å². The standard InChI is InChI=1S/C19H17N3O7S2/c1-28-13-4-5-17(29-2)15(9-13)16-10-30-19(20-16)21-18(23)11-6-12(22(24)25)8-14(7-11)31(3,26)27/h4-10H,1-3H3,(H,20,21,23). The van der Waals surface area contributed by atoms with Gasteiger partial charge in [0.25, 0.3) is 11.6 Å². The third-order valence-corrected chi connectivity index (χ3v) is 6.05. The summed E-state index contributed by atoms with van der Waals surface area (Å²) in [6.45, 7) is 0. The van der Waals surface area contributed by atoms with Crippen molar-refractivity contribution in [2.75, 3.05) is 25.8 Å². The number of benzene rings is 2. The molecular weight excluding hydrogens is 446 g/mol. The molecule has 0 saturated heterocycles. The Morgan fingerprint density at radius 1 is 1.16 bits per heavy atom. The first kappa shape index (κ1) is 22.2. The van der Waals surface area contributed by atoms with Gasteiger partial charge in [-0.15, -0.1) is 11.3 Å². The van der Waals surface area contributed by atoms with Gasteiger partial charge in [0, 0.05) is 34.9 Å². The van der Waals surface area contributed by atoms with Crippen LogP contribution in [0.3, 0.4) is 0 Å². The predicted octanol–water partition coefficient (Wildman–Crippen LogP) is 3.39. The Labute approximate surface area is 181 Å². The number of hydrogen-bond donors (Lipinski definition) is 1. The molecule has 162 valence electrons. The molecule has 3 rings (SSSR count). The molecule has 0 spiro atoms. The summed E-state index contributed by atoms with van der Waals surface area (Å²) in [5.74, 6) is 0.423. The zero-order valence-electron chi connectivity index (χ0n) is 16.6. The zero-order valence-corrected chi connectivity index (χ0v) is 18.2. The normalized spacial score (nSPS) is 11.1. The lowest BCUT2D eigenvalue weighted by Gasteiger charge is -2.08. The number of anilines is 1. The fourth-order valence-electron chi connectivity index (χ4n) is 2.67. The lowest BCUT2D eigenvalue weighted by Crippen LogP contribution is -2.13. The summed E-state index contributed by atoms with van der Waals surface area (Å²) in [6.07, 6.45) is 0.905. The van der Waals surface area contributed by atoms with E-state index in [1.54, 1.807) is 23.6 Å². The van der Waals surface area contributed by atoms with Crippen molar-refractivity contribution in [2.45, 2.75) is 4.90 Å². The number of hydrogen-bond acceptors (Lipinski definition) is 9. The molecule has 31 heavy (non-hydrogen) atoms. The van der Waals surface area contributed by atoms with Crippen LogP contribution in [0.1, 0.15) is 10.4 Å². The van der Waals surface area contributed by atoms with Crippen LogP contribution in [0.5, 0.6) is 11.5 Å². The molecule has 1 N–H and O–H groups in total. The molecule has 0 radical (unpaired) electrons. The van der Waals surface area contributed by atoms with Gasteiger partial charge in [-0.2, -0.15) is 0 Å². The number of nitrogens with zero attached hydrogens (tertiary/aromatic N) is 2. The van der Waals surface area contributed by atoms with Crippen LogP contribution < -0.4 is 14.8 Å². The number of ether oxygens (including phenoxy) is 2. The zero-order chi connectivity index (χ0) is 22.8. The molecule has 10 nitrogen and oxygen atoms in total. The van der Waals surface area contributed by atoms with Crippen LogP contribution in [0.25, 0.3) is 11.3 Å². The molecular formula is C19H17N3O7S2. The van der Waals surface area contributed by atoms with Crippen molar-refractivity contribution >= 4 is 37.9 Å². The van der Waals surface area contributed by atoms with Gasteiger partial charge in [-0.1, -0.05) is 0 Å². The van der Waals surface area contributed by atoms with E-state index in [2.05, 4.69) is 10.3 Å². The number of thiazole rings is 1. The summed E-state index contributed by atoms with van der Waals surface area (Å²) >= 11 is 1.13. The molecule has 1 aromatic heterocycles. The van der Waals surface area contributed by atoms with Crippen LogP contribution in [-0.2, 0) is 9.84 Å². The Bertz CT molecular complexity index is 1270. The highest BCUT2D eigenvalue weighted by Gasteiger charge is 2.20. The minimum atomic E-state index is -3.76. The van der Waals surface area contributed by atoms with E-state index in [-0.39, 0.29) is 15.6 Å². The third kappa shape index (κ3) is 4.98. The Kier molecular flexibility index (Phi) is 6.22. The van der Waals surface area contributed by atoms with Gasteiger partial charge in [-0.25, -0.2) is 13.4 Å². The summed E-state index contributed by atoms with van der Waals surface area (Å²) in [6, 6.07) is 8.18. The smallest absolute Gasteiger partial charge is 0.271 e. The van der Waals surface area contributed by atoms with E-state index >= 15 is 0 Å². The minimum absolute atomic E-state index is 0.176. The second kappa shape index (κ2) is 8.70. The molecule has 0 bridgehead atoms. The maximum atomic E-state index is 12.6. The van der Waals surface area contributed by atoms with Crippen molar-refractivity contribution in [1.82, 2.24) is 4.98 Å². The average molecular weight is 463 g/mol. The first-order valence-electron chi connectivity index (χ1n) is 8.61. The average Bonchev–Trinajstić information content (AvgIpc) is 3.20.